The zero-order valence-electron chi connectivity index (χ0n) is 9.56. The number of hydrogen-bond acceptors (Lipinski definition) is 2. The van der Waals surface area contributed by atoms with Crippen LogP contribution in [0.5, 0.6) is 0 Å². The average Bonchev–Trinajstić information content (AvgIpc) is 2.68. The maximum absolute atomic E-state index is 12.3. The lowest BCUT2D eigenvalue weighted by atomic mass is 10.1. The molecule has 0 bridgehead atoms. The van der Waals surface area contributed by atoms with Gasteiger partial charge in [-0.2, -0.15) is 0 Å². The number of benzene rings is 2. The number of rotatable bonds is 1. The van der Waals surface area contributed by atoms with Gasteiger partial charge < -0.3 is 10.6 Å². The Bertz CT molecular complexity index is 622. The maximum atomic E-state index is 12.3. The topological polar surface area (TPSA) is 46.3 Å². The summed E-state index contributed by atoms with van der Waals surface area (Å²) in [6.45, 7) is 0.579. The van der Waals surface area contributed by atoms with E-state index >= 15 is 0 Å². The lowest BCUT2D eigenvalue weighted by molar-refractivity contribution is 0.0996. The number of anilines is 2. The highest BCUT2D eigenvalue weighted by atomic mass is 35.5. The highest BCUT2D eigenvalue weighted by molar-refractivity contribution is 6.30. The van der Waals surface area contributed by atoms with Gasteiger partial charge in [0.15, 0.2) is 0 Å². The summed E-state index contributed by atoms with van der Waals surface area (Å²) in [6.07, 6.45) is 0. The number of carbonyl (C=O) groups is 1. The minimum Gasteiger partial charge on any atom is -0.399 e. The third-order valence-electron chi connectivity index (χ3n) is 3.08. The Kier molecular flexibility index (Phi) is 2.49. The molecule has 18 heavy (non-hydrogen) atoms. The Morgan fingerprint density at radius 1 is 1.11 bits per heavy atom. The van der Waals surface area contributed by atoms with E-state index in [0.717, 1.165) is 11.3 Å². The molecule has 0 unspecified atom stereocenters. The van der Waals surface area contributed by atoms with Crippen molar-refractivity contribution in [3.05, 3.63) is 58.6 Å². The van der Waals surface area contributed by atoms with E-state index in [1.54, 1.807) is 23.1 Å². The second-order valence-electron chi connectivity index (χ2n) is 4.28. The summed E-state index contributed by atoms with van der Waals surface area (Å²) in [4.78, 5) is 14.0. The maximum Gasteiger partial charge on any atom is 0.259 e. The fourth-order valence-corrected chi connectivity index (χ4v) is 2.27. The predicted octanol–water partition coefficient (Wildman–Crippen LogP) is 3.08. The third-order valence-corrected chi connectivity index (χ3v) is 3.33. The first kappa shape index (κ1) is 11.1. The van der Waals surface area contributed by atoms with Gasteiger partial charge in [-0.1, -0.05) is 17.7 Å². The molecule has 90 valence electrons. The molecule has 0 atom stereocenters. The first-order chi connectivity index (χ1) is 8.65. The van der Waals surface area contributed by atoms with Gasteiger partial charge in [0.05, 0.1) is 6.54 Å². The largest absolute Gasteiger partial charge is 0.399 e. The van der Waals surface area contributed by atoms with Crippen molar-refractivity contribution in [1.82, 2.24) is 0 Å². The molecule has 1 aliphatic rings. The molecule has 0 saturated carbocycles. The zero-order valence-corrected chi connectivity index (χ0v) is 10.3. The SMILES string of the molecule is Nc1ccc2c(c1)C(=O)N(c1ccc(Cl)cc1)C2. The number of fused-ring (bicyclic) bond motifs is 1. The molecular weight excluding hydrogens is 248 g/mol. The minimum absolute atomic E-state index is 0.0142. The third kappa shape index (κ3) is 1.73. The molecule has 1 amide bonds. The van der Waals surface area contributed by atoms with Gasteiger partial charge in [0.1, 0.15) is 0 Å². The molecule has 0 radical (unpaired) electrons. The summed E-state index contributed by atoms with van der Waals surface area (Å²) in [5.41, 5.74) is 8.86. The lowest BCUT2D eigenvalue weighted by Crippen LogP contribution is -2.22. The van der Waals surface area contributed by atoms with E-state index in [2.05, 4.69) is 0 Å². The molecular formula is C14H11ClN2O. The average molecular weight is 259 g/mol. The van der Waals surface area contributed by atoms with Gasteiger partial charge in [-0.05, 0) is 42.0 Å². The Hall–Kier alpha value is -2.00. The summed E-state index contributed by atoms with van der Waals surface area (Å²) < 4.78 is 0. The van der Waals surface area contributed by atoms with Crippen LogP contribution in [0.4, 0.5) is 11.4 Å². The normalized spacial score (nSPS) is 13.8. The first-order valence-corrected chi connectivity index (χ1v) is 5.99. The van der Waals surface area contributed by atoms with Crippen molar-refractivity contribution < 1.29 is 4.79 Å². The first-order valence-electron chi connectivity index (χ1n) is 5.61. The van der Waals surface area contributed by atoms with Crippen molar-refractivity contribution in [2.45, 2.75) is 6.54 Å². The predicted molar refractivity (Wildman–Crippen MR) is 72.8 cm³/mol. The van der Waals surface area contributed by atoms with Gasteiger partial charge in [0.2, 0.25) is 0 Å². The summed E-state index contributed by atoms with van der Waals surface area (Å²) in [6, 6.07) is 12.7. The van der Waals surface area contributed by atoms with E-state index in [1.807, 2.05) is 24.3 Å². The van der Waals surface area contributed by atoms with Gasteiger partial charge in [0.25, 0.3) is 5.91 Å². The molecule has 0 spiro atoms. The highest BCUT2D eigenvalue weighted by Crippen LogP contribution is 2.30. The summed E-state index contributed by atoms with van der Waals surface area (Å²) >= 11 is 5.84. The number of halogens is 1. The summed E-state index contributed by atoms with van der Waals surface area (Å²) in [7, 11) is 0. The zero-order chi connectivity index (χ0) is 12.7. The van der Waals surface area contributed by atoms with E-state index in [0.29, 0.717) is 22.8 Å². The number of nitrogens with two attached hydrogens (primary N) is 1. The van der Waals surface area contributed by atoms with Crippen LogP contribution in [0.2, 0.25) is 5.02 Å². The van der Waals surface area contributed by atoms with E-state index < -0.39 is 0 Å². The molecule has 2 aromatic rings. The molecule has 0 aliphatic carbocycles. The molecule has 0 fully saturated rings. The number of amides is 1. The monoisotopic (exact) mass is 258 g/mol. The van der Waals surface area contributed by atoms with Crippen molar-refractivity contribution in [3.8, 4) is 0 Å². The number of nitrogen functional groups attached to an aromatic ring is 1. The highest BCUT2D eigenvalue weighted by Gasteiger charge is 2.28. The van der Waals surface area contributed by atoms with Gasteiger partial charge in [-0.25, -0.2) is 0 Å². The van der Waals surface area contributed by atoms with Crippen LogP contribution < -0.4 is 10.6 Å². The van der Waals surface area contributed by atoms with Crippen LogP contribution in [-0.4, -0.2) is 5.91 Å². The van der Waals surface area contributed by atoms with E-state index in [-0.39, 0.29) is 5.91 Å². The molecule has 0 aromatic heterocycles. The van der Waals surface area contributed by atoms with Crippen LogP contribution in [-0.2, 0) is 6.54 Å². The van der Waals surface area contributed by atoms with Crippen LogP contribution >= 0.6 is 11.6 Å². The van der Waals surface area contributed by atoms with E-state index in [1.165, 1.54) is 0 Å². The smallest absolute Gasteiger partial charge is 0.259 e. The van der Waals surface area contributed by atoms with E-state index in [4.69, 9.17) is 17.3 Å². The van der Waals surface area contributed by atoms with Crippen molar-refractivity contribution >= 4 is 28.9 Å². The summed E-state index contributed by atoms with van der Waals surface area (Å²) in [5.74, 6) is -0.0142. The van der Waals surface area contributed by atoms with E-state index in [9.17, 15) is 4.79 Å². The lowest BCUT2D eigenvalue weighted by Gasteiger charge is -2.15. The second kappa shape index (κ2) is 4.03. The molecule has 2 N–H and O–H groups in total. The molecule has 4 heteroatoms. The van der Waals surface area contributed by atoms with Gasteiger partial charge in [-0.15, -0.1) is 0 Å². The second-order valence-corrected chi connectivity index (χ2v) is 4.72. The Morgan fingerprint density at radius 3 is 2.56 bits per heavy atom. The Labute approximate surface area is 110 Å². The van der Waals surface area contributed by atoms with Crippen molar-refractivity contribution in [3.63, 3.8) is 0 Å². The Morgan fingerprint density at radius 2 is 1.83 bits per heavy atom. The van der Waals surface area contributed by atoms with Crippen molar-refractivity contribution in [2.24, 2.45) is 0 Å². The number of hydrogen-bond donors (Lipinski definition) is 1. The van der Waals surface area contributed by atoms with Gasteiger partial charge in [0, 0.05) is 22.0 Å². The number of nitrogens with zero attached hydrogens (tertiary/aromatic N) is 1. The van der Waals surface area contributed by atoms with Crippen LogP contribution in [0.1, 0.15) is 15.9 Å². The van der Waals surface area contributed by atoms with Crippen molar-refractivity contribution in [1.29, 1.82) is 0 Å². The van der Waals surface area contributed by atoms with Gasteiger partial charge in [-0.3, -0.25) is 4.79 Å². The van der Waals surface area contributed by atoms with Crippen LogP contribution in [0.25, 0.3) is 0 Å². The molecule has 3 nitrogen and oxygen atoms in total. The molecule has 1 aliphatic heterocycles. The molecule has 2 aromatic carbocycles. The van der Waals surface area contributed by atoms with Crippen LogP contribution in [0.15, 0.2) is 42.5 Å². The summed E-state index contributed by atoms with van der Waals surface area (Å²) in [5, 5.41) is 0.659. The number of carbonyl (C=O) groups excluding carboxylic acids is 1. The van der Waals surface area contributed by atoms with Crippen molar-refractivity contribution in [2.75, 3.05) is 10.6 Å². The van der Waals surface area contributed by atoms with Crippen LogP contribution in [0, 0.1) is 0 Å². The minimum atomic E-state index is -0.0142. The van der Waals surface area contributed by atoms with Crippen LogP contribution in [0.3, 0.4) is 0 Å². The molecule has 3 rings (SSSR count). The standard InChI is InChI=1S/C14H11ClN2O/c15-10-2-5-12(6-3-10)17-8-9-1-4-11(16)7-13(9)14(17)18/h1-7H,8,16H2. The molecule has 1 heterocycles. The quantitative estimate of drug-likeness (QED) is 0.799. The molecule has 0 saturated heterocycles. The van der Waals surface area contributed by atoms with Gasteiger partial charge >= 0.3 is 0 Å². The fraction of sp³-hybridized carbons (Fsp3) is 0.0714. The Balaban J connectivity index is 1.99. The fourth-order valence-electron chi connectivity index (χ4n) is 2.15.